The highest BCUT2D eigenvalue weighted by Gasteiger charge is 2.12. The van der Waals surface area contributed by atoms with Gasteiger partial charge in [-0.1, -0.05) is 24.3 Å². The number of fused-ring (bicyclic) bond motifs is 3. The molecule has 0 spiro atoms. The van der Waals surface area contributed by atoms with E-state index >= 15 is 0 Å². The molecule has 0 atom stereocenters. The lowest BCUT2D eigenvalue weighted by Gasteiger charge is -1.99. The van der Waals surface area contributed by atoms with Crippen LogP contribution in [0.4, 0.5) is 0 Å². The normalized spacial score (nSPS) is 11.2. The predicted molar refractivity (Wildman–Crippen MR) is 81.0 cm³/mol. The van der Waals surface area contributed by atoms with Gasteiger partial charge >= 0.3 is 0 Å². The SMILES string of the molecule is O=c1[nH]c(-c2ccccn2)nc2c1sc1ccccc12. The Bertz CT molecular complexity index is 973. The van der Waals surface area contributed by atoms with Crippen LogP contribution in [0.3, 0.4) is 0 Å². The second kappa shape index (κ2) is 4.25. The van der Waals surface area contributed by atoms with E-state index in [9.17, 15) is 4.79 Å². The second-order valence-corrected chi connectivity index (χ2v) is 5.46. The van der Waals surface area contributed by atoms with E-state index in [0.717, 1.165) is 15.6 Å². The van der Waals surface area contributed by atoms with E-state index in [1.54, 1.807) is 6.20 Å². The molecule has 0 fully saturated rings. The number of thiophene rings is 1. The monoisotopic (exact) mass is 279 g/mol. The van der Waals surface area contributed by atoms with E-state index in [2.05, 4.69) is 15.0 Å². The lowest BCUT2D eigenvalue weighted by Crippen LogP contribution is -2.08. The Hall–Kier alpha value is -2.53. The van der Waals surface area contributed by atoms with Gasteiger partial charge in [0.25, 0.3) is 5.56 Å². The van der Waals surface area contributed by atoms with Crippen LogP contribution in [-0.2, 0) is 0 Å². The number of hydrogen-bond acceptors (Lipinski definition) is 4. The van der Waals surface area contributed by atoms with Crippen molar-refractivity contribution >= 4 is 31.6 Å². The molecule has 0 amide bonds. The topological polar surface area (TPSA) is 58.6 Å². The van der Waals surface area contributed by atoms with E-state index in [4.69, 9.17) is 0 Å². The molecule has 20 heavy (non-hydrogen) atoms. The first-order chi connectivity index (χ1) is 9.83. The van der Waals surface area contributed by atoms with Gasteiger partial charge < -0.3 is 4.98 Å². The zero-order chi connectivity index (χ0) is 13.5. The Kier molecular flexibility index (Phi) is 2.40. The Balaban J connectivity index is 2.11. The standard InChI is InChI=1S/C15H9N3OS/c19-15-13-12(9-5-1-2-7-11(9)20-13)17-14(18-15)10-6-3-4-8-16-10/h1-8H,(H,17,18,19). The maximum absolute atomic E-state index is 12.2. The number of nitrogens with one attached hydrogen (secondary N) is 1. The number of aromatic amines is 1. The number of nitrogens with zero attached hydrogens (tertiary/aromatic N) is 2. The number of pyridine rings is 1. The Morgan fingerprint density at radius 3 is 2.75 bits per heavy atom. The second-order valence-electron chi connectivity index (χ2n) is 4.41. The summed E-state index contributed by atoms with van der Waals surface area (Å²) in [5.74, 6) is 0.506. The molecule has 0 radical (unpaired) electrons. The Morgan fingerprint density at radius 2 is 1.90 bits per heavy atom. The van der Waals surface area contributed by atoms with Crippen LogP contribution in [0.5, 0.6) is 0 Å². The molecule has 0 bridgehead atoms. The molecule has 96 valence electrons. The van der Waals surface area contributed by atoms with E-state index in [-0.39, 0.29) is 5.56 Å². The van der Waals surface area contributed by atoms with E-state index in [1.165, 1.54) is 11.3 Å². The zero-order valence-corrected chi connectivity index (χ0v) is 11.1. The van der Waals surface area contributed by atoms with Crippen molar-refractivity contribution in [3.63, 3.8) is 0 Å². The van der Waals surface area contributed by atoms with Crippen molar-refractivity contribution in [3.05, 3.63) is 59.0 Å². The van der Waals surface area contributed by atoms with Crippen LogP contribution in [-0.4, -0.2) is 15.0 Å². The first-order valence-corrected chi connectivity index (χ1v) is 6.97. The average Bonchev–Trinajstić information content (AvgIpc) is 2.88. The summed E-state index contributed by atoms with van der Waals surface area (Å²) in [4.78, 5) is 23.9. The van der Waals surface area contributed by atoms with Gasteiger partial charge in [-0.25, -0.2) is 4.98 Å². The van der Waals surface area contributed by atoms with Gasteiger partial charge in [-0.2, -0.15) is 0 Å². The molecule has 0 saturated carbocycles. The van der Waals surface area contributed by atoms with Gasteiger partial charge in [-0.3, -0.25) is 9.78 Å². The van der Waals surface area contributed by atoms with Crippen molar-refractivity contribution in [1.29, 1.82) is 0 Å². The highest BCUT2D eigenvalue weighted by molar-refractivity contribution is 7.25. The van der Waals surface area contributed by atoms with Crippen LogP contribution < -0.4 is 5.56 Å². The summed E-state index contributed by atoms with van der Waals surface area (Å²) in [6.45, 7) is 0. The van der Waals surface area contributed by atoms with E-state index < -0.39 is 0 Å². The Labute approximate surface area is 117 Å². The van der Waals surface area contributed by atoms with Crippen molar-refractivity contribution in [1.82, 2.24) is 15.0 Å². The third-order valence-electron chi connectivity index (χ3n) is 3.14. The molecular formula is C15H9N3OS. The number of rotatable bonds is 1. The summed E-state index contributed by atoms with van der Waals surface area (Å²) >= 11 is 1.47. The van der Waals surface area contributed by atoms with Crippen molar-refractivity contribution in [3.8, 4) is 11.5 Å². The average molecular weight is 279 g/mol. The number of hydrogen-bond donors (Lipinski definition) is 1. The van der Waals surface area contributed by atoms with Crippen LogP contribution in [0.15, 0.2) is 53.5 Å². The lowest BCUT2D eigenvalue weighted by molar-refractivity contribution is 1.15. The molecule has 4 nitrogen and oxygen atoms in total. The molecule has 0 saturated heterocycles. The van der Waals surface area contributed by atoms with Crippen LogP contribution in [0.2, 0.25) is 0 Å². The minimum Gasteiger partial charge on any atom is -0.304 e. The summed E-state index contributed by atoms with van der Waals surface area (Å²) in [5.41, 5.74) is 1.30. The van der Waals surface area contributed by atoms with Gasteiger partial charge in [0.2, 0.25) is 0 Å². The molecule has 1 aromatic carbocycles. The van der Waals surface area contributed by atoms with Crippen LogP contribution in [0.1, 0.15) is 0 Å². The fraction of sp³-hybridized carbons (Fsp3) is 0. The minimum absolute atomic E-state index is 0.114. The van der Waals surface area contributed by atoms with Crippen LogP contribution >= 0.6 is 11.3 Å². The summed E-state index contributed by atoms with van der Waals surface area (Å²) in [7, 11) is 0. The lowest BCUT2D eigenvalue weighted by atomic mass is 10.2. The third-order valence-corrected chi connectivity index (χ3v) is 4.30. The minimum atomic E-state index is -0.114. The third kappa shape index (κ3) is 1.64. The summed E-state index contributed by atoms with van der Waals surface area (Å²) in [6.07, 6.45) is 1.69. The van der Waals surface area contributed by atoms with Gasteiger partial charge in [-0.05, 0) is 18.2 Å². The Morgan fingerprint density at radius 1 is 1.05 bits per heavy atom. The van der Waals surface area contributed by atoms with Crippen molar-refractivity contribution in [2.45, 2.75) is 0 Å². The number of H-pyrrole nitrogens is 1. The largest absolute Gasteiger partial charge is 0.304 e. The molecule has 3 aromatic heterocycles. The van der Waals surface area contributed by atoms with Crippen LogP contribution in [0.25, 0.3) is 31.8 Å². The number of aromatic nitrogens is 3. The molecule has 0 aliphatic heterocycles. The van der Waals surface area contributed by atoms with Crippen LogP contribution in [0, 0.1) is 0 Å². The highest BCUT2D eigenvalue weighted by Crippen LogP contribution is 2.30. The van der Waals surface area contributed by atoms with Crippen molar-refractivity contribution < 1.29 is 0 Å². The molecule has 3 heterocycles. The first kappa shape index (κ1) is 11.3. The van der Waals surface area contributed by atoms with Crippen molar-refractivity contribution in [2.75, 3.05) is 0 Å². The molecular weight excluding hydrogens is 270 g/mol. The predicted octanol–water partition coefficient (Wildman–Crippen LogP) is 3.20. The maximum atomic E-state index is 12.2. The molecule has 5 heteroatoms. The maximum Gasteiger partial charge on any atom is 0.269 e. The van der Waals surface area contributed by atoms with Gasteiger partial charge in [0, 0.05) is 16.3 Å². The number of benzene rings is 1. The summed E-state index contributed by atoms with van der Waals surface area (Å²) in [6, 6.07) is 13.4. The molecule has 0 aliphatic carbocycles. The molecule has 4 aromatic rings. The highest BCUT2D eigenvalue weighted by atomic mass is 32.1. The fourth-order valence-electron chi connectivity index (χ4n) is 2.22. The van der Waals surface area contributed by atoms with Crippen molar-refractivity contribution in [2.24, 2.45) is 0 Å². The smallest absolute Gasteiger partial charge is 0.269 e. The van der Waals surface area contributed by atoms with Gasteiger partial charge in [-0.15, -0.1) is 11.3 Å². The summed E-state index contributed by atoms with van der Waals surface area (Å²) < 4.78 is 1.73. The molecule has 0 aliphatic rings. The van der Waals surface area contributed by atoms with Gasteiger partial charge in [0.05, 0.1) is 5.52 Å². The molecule has 0 unspecified atom stereocenters. The van der Waals surface area contributed by atoms with Gasteiger partial charge in [0.15, 0.2) is 5.82 Å². The zero-order valence-electron chi connectivity index (χ0n) is 10.3. The first-order valence-electron chi connectivity index (χ1n) is 6.16. The summed E-state index contributed by atoms with van der Waals surface area (Å²) in [5, 5.41) is 1.01. The van der Waals surface area contributed by atoms with E-state index in [0.29, 0.717) is 16.2 Å². The fourth-order valence-corrected chi connectivity index (χ4v) is 3.26. The molecule has 4 rings (SSSR count). The quantitative estimate of drug-likeness (QED) is 0.582. The molecule has 1 N–H and O–H groups in total. The van der Waals surface area contributed by atoms with Gasteiger partial charge in [0.1, 0.15) is 10.4 Å². The van der Waals surface area contributed by atoms with E-state index in [1.807, 2.05) is 42.5 Å².